The Morgan fingerprint density at radius 2 is 2.30 bits per heavy atom. The molecule has 1 aliphatic rings. The number of hydrogen-bond donors (Lipinski definition) is 0. The molecular weight excluding hydrogens is 308 g/mol. The molecule has 0 radical (unpaired) electrons. The second-order valence-electron chi connectivity index (χ2n) is 6.46. The van der Waals surface area contributed by atoms with Gasteiger partial charge in [0.15, 0.2) is 0 Å². The first-order chi connectivity index (χ1) is 11.0. The van der Waals surface area contributed by atoms with Crippen molar-refractivity contribution in [1.82, 2.24) is 19.6 Å². The molecule has 0 bridgehead atoms. The summed E-state index contributed by atoms with van der Waals surface area (Å²) in [4.78, 5) is 18.3. The topological polar surface area (TPSA) is 41.4 Å². The molecule has 0 saturated carbocycles. The number of aromatic nitrogens is 2. The van der Waals surface area contributed by atoms with Crippen LogP contribution in [0.3, 0.4) is 0 Å². The van der Waals surface area contributed by atoms with E-state index in [9.17, 15) is 4.79 Å². The van der Waals surface area contributed by atoms with Crippen LogP contribution in [0.15, 0.2) is 29.9 Å². The summed E-state index contributed by atoms with van der Waals surface area (Å²) in [5.41, 5.74) is 1.19. The average molecular weight is 332 g/mol. The summed E-state index contributed by atoms with van der Waals surface area (Å²) in [6, 6.07) is 4.68. The molecule has 1 aliphatic heterocycles. The fourth-order valence-electron chi connectivity index (χ4n) is 3.48. The molecule has 0 spiro atoms. The highest BCUT2D eigenvalue weighted by Crippen LogP contribution is 2.26. The minimum atomic E-state index is 0.224. The van der Waals surface area contributed by atoms with Crippen molar-refractivity contribution < 1.29 is 4.79 Å². The third kappa shape index (κ3) is 3.64. The first-order valence-corrected chi connectivity index (χ1v) is 8.88. The number of carbonyl (C=O) groups is 1. The van der Waals surface area contributed by atoms with Crippen molar-refractivity contribution in [2.75, 3.05) is 20.6 Å². The van der Waals surface area contributed by atoms with Gasteiger partial charge < -0.3 is 9.80 Å². The van der Waals surface area contributed by atoms with E-state index in [0.717, 1.165) is 24.3 Å². The summed E-state index contributed by atoms with van der Waals surface area (Å²) in [5, 5.41) is 6.29. The Bertz CT molecular complexity index is 649. The van der Waals surface area contributed by atoms with Crippen molar-refractivity contribution in [3.63, 3.8) is 0 Å². The Morgan fingerprint density at radius 3 is 2.91 bits per heavy atom. The van der Waals surface area contributed by atoms with Crippen LogP contribution in [-0.4, -0.2) is 58.2 Å². The standard InChI is InChI=1S/C17H24N4OS/c1-19(2)15-6-7-21(17(22)10-14-5-4-8-23-14)16(15)9-13-11-18-20(3)12-13/h4-5,8,11-12,15-16H,6-7,9-10H2,1-3H3/t15-,16+/m1/s1. The summed E-state index contributed by atoms with van der Waals surface area (Å²) < 4.78 is 1.83. The first-order valence-electron chi connectivity index (χ1n) is 8.00. The van der Waals surface area contributed by atoms with Gasteiger partial charge in [-0.25, -0.2) is 0 Å². The smallest absolute Gasteiger partial charge is 0.228 e. The molecule has 2 atom stereocenters. The van der Waals surface area contributed by atoms with Gasteiger partial charge in [-0.1, -0.05) is 6.07 Å². The third-order valence-electron chi connectivity index (χ3n) is 4.60. The maximum atomic E-state index is 12.8. The van der Waals surface area contributed by atoms with E-state index in [1.807, 2.05) is 41.6 Å². The number of likely N-dealkylation sites (tertiary alicyclic amines) is 1. The zero-order valence-corrected chi connectivity index (χ0v) is 14.8. The Kier molecular flexibility index (Phi) is 4.82. The van der Waals surface area contributed by atoms with E-state index < -0.39 is 0 Å². The predicted molar refractivity (Wildman–Crippen MR) is 92.5 cm³/mol. The van der Waals surface area contributed by atoms with E-state index in [4.69, 9.17) is 0 Å². The van der Waals surface area contributed by atoms with Gasteiger partial charge in [-0.2, -0.15) is 5.10 Å². The normalized spacial score (nSPS) is 21.3. The molecular formula is C17H24N4OS. The van der Waals surface area contributed by atoms with Gasteiger partial charge >= 0.3 is 0 Å². The zero-order valence-electron chi connectivity index (χ0n) is 14.0. The molecule has 0 aromatic carbocycles. The molecule has 3 rings (SSSR count). The van der Waals surface area contributed by atoms with E-state index in [0.29, 0.717) is 12.5 Å². The van der Waals surface area contributed by atoms with Crippen molar-refractivity contribution in [3.8, 4) is 0 Å². The lowest BCUT2D eigenvalue weighted by molar-refractivity contribution is -0.131. The minimum Gasteiger partial charge on any atom is -0.337 e. The number of carbonyl (C=O) groups excluding carboxylic acids is 1. The number of aryl methyl sites for hydroxylation is 1. The van der Waals surface area contributed by atoms with Crippen LogP contribution in [0.25, 0.3) is 0 Å². The minimum absolute atomic E-state index is 0.224. The van der Waals surface area contributed by atoms with Crippen LogP contribution in [0.4, 0.5) is 0 Å². The highest BCUT2D eigenvalue weighted by atomic mass is 32.1. The van der Waals surface area contributed by atoms with E-state index in [2.05, 4.69) is 29.0 Å². The van der Waals surface area contributed by atoms with Gasteiger partial charge in [-0.15, -0.1) is 11.3 Å². The van der Waals surface area contributed by atoms with Crippen LogP contribution in [0, 0.1) is 0 Å². The van der Waals surface area contributed by atoms with Crippen LogP contribution in [0.2, 0.25) is 0 Å². The van der Waals surface area contributed by atoms with E-state index >= 15 is 0 Å². The number of likely N-dealkylation sites (N-methyl/N-ethyl adjacent to an activating group) is 1. The molecule has 1 saturated heterocycles. The summed E-state index contributed by atoms with van der Waals surface area (Å²) in [6.45, 7) is 0.845. The second kappa shape index (κ2) is 6.84. The zero-order chi connectivity index (χ0) is 16.4. The molecule has 23 heavy (non-hydrogen) atoms. The van der Waals surface area contributed by atoms with Crippen molar-refractivity contribution >= 4 is 17.2 Å². The summed E-state index contributed by atoms with van der Waals surface area (Å²) >= 11 is 1.65. The van der Waals surface area contributed by atoms with Gasteiger partial charge in [0.1, 0.15) is 0 Å². The monoisotopic (exact) mass is 332 g/mol. The largest absolute Gasteiger partial charge is 0.337 e. The molecule has 1 amide bonds. The van der Waals surface area contributed by atoms with Crippen molar-refractivity contribution in [3.05, 3.63) is 40.3 Å². The molecule has 0 unspecified atom stereocenters. The van der Waals surface area contributed by atoms with Crippen LogP contribution < -0.4 is 0 Å². The first kappa shape index (κ1) is 16.2. The van der Waals surface area contributed by atoms with Crippen molar-refractivity contribution in [1.29, 1.82) is 0 Å². The number of hydrogen-bond acceptors (Lipinski definition) is 4. The molecule has 124 valence electrons. The Hall–Kier alpha value is -1.66. The molecule has 2 aromatic rings. The van der Waals surface area contributed by atoms with Gasteiger partial charge in [0.2, 0.25) is 5.91 Å². The maximum absolute atomic E-state index is 12.8. The molecule has 2 aromatic heterocycles. The quantitative estimate of drug-likeness (QED) is 0.838. The van der Waals surface area contributed by atoms with Crippen molar-refractivity contribution in [2.45, 2.75) is 31.3 Å². The lowest BCUT2D eigenvalue weighted by Gasteiger charge is -2.31. The molecule has 1 fully saturated rings. The lowest BCUT2D eigenvalue weighted by atomic mass is 10.0. The number of amides is 1. The number of rotatable bonds is 5. The van der Waals surface area contributed by atoms with Gasteiger partial charge in [-0.05, 0) is 43.9 Å². The van der Waals surface area contributed by atoms with Gasteiger partial charge in [-0.3, -0.25) is 9.48 Å². The van der Waals surface area contributed by atoms with E-state index in [1.165, 1.54) is 5.56 Å². The highest BCUT2D eigenvalue weighted by molar-refractivity contribution is 7.10. The van der Waals surface area contributed by atoms with Gasteiger partial charge in [0.05, 0.1) is 18.7 Å². The predicted octanol–water partition coefficient (Wildman–Crippen LogP) is 1.80. The van der Waals surface area contributed by atoms with Gasteiger partial charge in [0, 0.05) is 30.7 Å². The summed E-state index contributed by atoms with van der Waals surface area (Å²) in [5.74, 6) is 0.241. The number of thiophene rings is 1. The Labute approximate surface area is 141 Å². The average Bonchev–Trinajstić information content (AvgIpc) is 3.20. The van der Waals surface area contributed by atoms with Crippen LogP contribution >= 0.6 is 11.3 Å². The van der Waals surface area contributed by atoms with Crippen LogP contribution in [0.5, 0.6) is 0 Å². The molecule has 3 heterocycles. The van der Waals surface area contributed by atoms with E-state index in [1.54, 1.807) is 11.3 Å². The molecule has 5 nitrogen and oxygen atoms in total. The molecule has 0 N–H and O–H groups in total. The van der Waals surface area contributed by atoms with Gasteiger partial charge in [0.25, 0.3) is 0 Å². The second-order valence-corrected chi connectivity index (χ2v) is 7.49. The molecule has 0 aliphatic carbocycles. The SMILES string of the molecule is CN(C)[C@@H]1CCN(C(=O)Cc2cccs2)[C@H]1Cc1cnn(C)c1. The Morgan fingerprint density at radius 1 is 1.48 bits per heavy atom. The third-order valence-corrected chi connectivity index (χ3v) is 5.48. The van der Waals surface area contributed by atoms with E-state index in [-0.39, 0.29) is 11.9 Å². The van der Waals surface area contributed by atoms with Crippen LogP contribution in [-0.2, 0) is 24.7 Å². The van der Waals surface area contributed by atoms with Crippen molar-refractivity contribution in [2.24, 2.45) is 7.05 Å². The molecule has 6 heteroatoms. The van der Waals surface area contributed by atoms with Crippen LogP contribution in [0.1, 0.15) is 16.9 Å². The fourth-order valence-corrected chi connectivity index (χ4v) is 4.17. The number of nitrogens with zero attached hydrogens (tertiary/aromatic N) is 4. The lowest BCUT2D eigenvalue weighted by Crippen LogP contribution is -2.46. The fraction of sp³-hybridized carbons (Fsp3) is 0.529. The maximum Gasteiger partial charge on any atom is 0.228 e. The summed E-state index contributed by atoms with van der Waals surface area (Å²) in [6.07, 6.45) is 6.38. The highest BCUT2D eigenvalue weighted by Gasteiger charge is 2.38. The Balaban J connectivity index is 1.75. The summed E-state index contributed by atoms with van der Waals surface area (Å²) in [7, 11) is 6.14.